The Labute approximate surface area is 109 Å². The van der Waals surface area contributed by atoms with Crippen molar-refractivity contribution >= 4 is 17.4 Å². The van der Waals surface area contributed by atoms with E-state index in [-0.39, 0.29) is 10.8 Å². The molecular formula is C13H12ClFN2O. The predicted octanol–water partition coefficient (Wildman–Crippen LogP) is 3.03. The van der Waals surface area contributed by atoms with Crippen LogP contribution < -0.4 is 0 Å². The standard InChI is InChI=1S/C13H12ClFN2O/c1-17-7-6-16-13(17)5-4-12(18)10-3-2-9(15)8-11(10)14/h2-3,6-8H,4-5H2,1H3. The highest BCUT2D eigenvalue weighted by Gasteiger charge is 2.12. The first-order chi connectivity index (χ1) is 8.58. The molecular weight excluding hydrogens is 255 g/mol. The van der Waals surface area contributed by atoms with Gasteiger partial charge in [0, 0.05) is 37.8 Å². The SMILES string of the molecule is Cn1ccnc1CCC(=O)c1ccc(F)cc1Cl. The lowest BCUT2D eigenvalue weighted by Crippen LogP contribution is -2.05. The first-order valence-electron chi connectivity index (χ1n) is 5.52. The van der Waals surface area contributed by atoms with Crippen molar-refractivity contribution in [2.75, 3.05) is 0 Å². The largest absolute Gasteiger partial charge is 0.338 e. The third kappa shape index (κ3) is 2.76. The molecule has 1 aromatic heterocycles. The van der Waals surface area contributed by atoms with Crippen molar-refractivity contribution in [1.29, 1.82) is 0 Å². The lowest BCUT2D eigenvalue weighted by atomic mass is 10.1. The number of hydrogen-bond donors (Lipinski definition) is 0. The summed E-state index contributed by atoms with van der Waals surface area (Å²) in [6, 6.07) is 3.80. The normalized spacial score (nSPS) is 10.6. The monoisotopic (exact) mass is 266 g/mol. The average molecular weight is 267 g/mol. The molecule has 0 saturated carbocycles. The number of Topliss-reactive ketones (excluding diaryl/α,β-unsaturated/α-hetero) is 1. The fraction of sp³-hybridized carbons (Fsp3) is 0.231. The van der Waals surface area contributed by atoms with Gasteiger partial charge in [-0.05, 0) is 18.2 Å². The Balaban J connectivity index is 2.06. The van der Waals surface area contributed by atoms with Gasteiger partial charge < -0.3 is 4.57 Å². The Hall–Kier alpha value is -1.68. The minimum Gasteiger partial charge on any atom is -0.338 e. The molecule has 0 spiro atoms. The zero-order valence-electron chi connectivity index (χ0n) is 9.86. The van der Waals surface area contributed by atoms with Gasteiger partial charge in [0.2, 0.25) is 0 Å². The van der Waals surface area contributed by atoms with Gasteiger partial charge in [0.15, 0.2) is 5.78 Å². The molecule has 0 fully saturated rings. The molecule has 18 heavy (non-hydrogen) atoms. The second-order valence-electron chi connectivity index (χ2n) is 4.00. The van der Waals surface area contributed by atoms with Crippen LogP contribution in [0.25, 0.3) is 0 Å². The number of aromatic nitrogens is 2. The number of ketones is 1. The fourth-order valence-electron chi connectivity index (χ4n) is 1.71. The summed E-state index contributed by atoms with van der Waals surface area (Å²) in [6.45, 7) is 0. The van der Waals surface area contributed by atoms with Crippen LogP contribution in [0.15, 0.2) is 30.6 Å². The van der Waals surface area contributed by atoms with Crippen molar-refractivity contribution in [3.8, 4) is 0 Å². The van der Waals surface area contributed by atoms with E-state index in [1.807, 2.05) is 17.8 Å². The summed E-state index contributed by atoms with van der Waals surface area (Å²) in [5, 5.41) is 0.153. The fourth-order valence-corrected chi connectivity index (χ4v) is 1.99. The number of nitrogens with zero attached hydrogens (tertiary/aromatic N) is 2. The number of carbonyl (C=O) groups excluding carboxylic acids is 1. The van der Waals surface area contributed by atoms with E-state index in [4.69, 9.17) is 11.6 Å². The molecule has 0 aliphatic carbocycles. The number of rotatable bonds is 4. The van der Waals surface area contributed by atoms with Crippen molar-refractivity contribution in [2.45, 2.75) is 12.8 Å². The van der Waals surface area contributed by atoms with E-state index in [2.05, 4.69) is 4.98 Å². The van der Waals surface area contributed by atoms with E-state index in [1.165, 1.54) is 12.1 Å². The maximum Gasteiger partial charge on any atom is 0.164 e. The number of carbonyl (C=O) groups is 1. The molecule has 3 nitrogen and oxygen atoms in total. The van der Waals surface area contributed by atoms with Crippen LogP contribution in [-0.2, 0) is 13.5 Å². The van der Waals surface area contributed by atoms with E-state index < -0.39 is 5.82 Å². The van der Waals surface area contributed by atoms with Crippen LogP contribution in [0.4, 0.5) is 4.39 Å². The summed E-state index contributed by atoms with van der Waals surface area (Å²) in [5.74, 6) is 0.283. The van der Waals surface area contributed by atoms with Gasteiger partial charge >= 0.3 is 0 Å². The molecule has 0 amide bonds. The lowest BCUT2D eigenvalue weighted by molar-refractivity contribution is 0.0982. The molecule has 1 heterocycles. The van der Waals surface area contributed by atoms with Crippen LogP contribution in [0.3, 0.4) is 0 Å². The minimum atomic E-state index is -0.444. The molecule has 0 bridgehead atoms. The summed E-state index contributed by atoms with van der Waals surface area (Å²) in [6.07, 6.45) is 4.35. The van der Waals surface area contributed by atoms with Crippen molar-refractivity contribution in [2.24, 2.45) is 7.05 Å². The van der Waals surface area contributed by atoms with Crippen LogP contribution >= 0.6 is 11.6 Å². The molecule has 0 aliphatic rings. The van der Waals surface area contributed by atoms with Gasteiger partial charge in [-0.25, -0.2) is 9.37 Å². The van der Waals surface area contributed by atoms with Crippen molar-refractivity contribution in [3.05, 3.63) is 52.8 Å². The molecule has 0 radical (unpaired) electrons. The molecule has 2 rings (SSSR count). The average Bonchev–Trinajstić information content (AvgIpc) is 2.72. The van der Waals surface area contributed by atoms with E-state index in [9.17, 15) is 9.18 Å². The smallest absolute Gasteiger partial charge is 0.164 e. The Bertz CT molecular complexity index is 580. The predicted molar refractivity (Wildman–Crippen MR) is 67.3 cm³/mol. The number of halogens is 2. The number of benzene rings is 1. The van der Waals surface area contributed by atoms with Gasteiger partial charge in [-0.2, -0.15) is 0 Å². The number of hydrogen-bond acceptors (Lipinski definition) is 2. The maximum absolute atomic E-state index is 12.9. The molecule has 0 aliphatic heterocycles. The van der Waals surface area contributed by atoms with E-state index >= 15 is 0 Å². The molecule has 0 N–H and O–H groups in total. The minimum absolute atomic E-state index is 0.108. The van der Waals surface area contributed by atoms with Crippen molar-refractivity contribution < 1.29 is 9.18 Å². The first-order valence-corrected chi connectivity index (χ1v) is 5.90. The summed E-state index contributed by atoms with van der Waals surface area (Å²) in [5.41, 5.74) is 0.354. The summed E-state index contributed by atoms with van der Waals surface area (Å²) < 4.78 is 14.7. The van der Waals surface area contributed by atoms with Gasteiger partial charge in [0.1, 0.15) is 11.6 Å². The third-order valence-corrected chi connectivity index (χ3v) is 3.04. The van der Waals surface area contributed by atoms with Gasteiger partial charge in [-0.15, -0.1) is 0 Å². The van der Waals surface area contributed by atoms with Crippen LogP contribution in [-0.4, -0.2) is 15.3 Å². The van der Waals surface area contributed by atoms with Crippen LogP contribution in [0, 0.1) is 5.82 Å². The summed E-state index contributed by atoms with van der Waals surface area (Å²) in [4.78, 5) is 16.1. The van der Waals surface area contributed by atoms with Crippen LogP contribution in [0.5, 0.6) is 0 Å². The molecule has 2 aromatic rings. The van der Waals surface area contributed by atoms with Crippen LogP contribution in [0.1, 0.15) is 22.6 Å². The van der Waals surface area contributed by atoms with Gasteiger partial charge in [-0.3, -0.25) is 4.79 Å². The number of aryl methyl sites for hydroxylation is 2. The molecule has 0 saturated heterocycles. The first kappa shape index (κ1) is 12.8. The Kier molecular flexibility index (Phi) is 3.77. The molecule has 5 heteroatoms. The molecule has 1 aromatic carbocycles. The Morgan fingerprint density at radius 2 is 2.28 bits per heavy atom. The zero-order valence-corrected chi connectivity index (χ0v) is 10.6. The molecule has 94 valence electrons. The van der Waals surface area contributed by atoms with Gasteiger partial charge in [0.05, 0.1) is 5.02 Å². The highest BCUT2D eigenvalue weighted by atomic mass is 35.5. The maximum atomic E-state index is 12.9. The summed E-state index contributed by atoms with van der Waals surface area (Å²) >= 11 is 5.83. The van der Waals surface area contributed by atoms with Crippen molar-refractivity contribution in [3.63, 3.8) is 0 Å². The Morgan fingerprint density at radius 1 is 1.50 bits per heavy atom. The van der Waals surface area contributed by atoms with Crippen LogP contribution in [0.2, 0.25) is 5.02 Å². The second kappa shape index (κ2) is 5.31. The lowest BCUT2D eigenvalue weighted by Gasteiger charge is -2.04. The highest BCUT2D eigenvalue weighted by molar-refractivity contribution is 6.33. The van der Waals surface area contributed by atoms with Gasteiger partial charge in [0.25, 0.3) is 0 Å². The highest BCUT2D eigenvalue weighted by Crippen LogP contribution is 2.19. The topological polar surface area (TPSA) is 34.9 Å². The van der Waals surface area contributed by atoms with E-state index in [0.29, 0.717) is 18.4 Å². The second-order valence-corrected chi connectivity index (χ2v) is 4.41. The van der Waals surface area contributed by atoms with E-state index in [0.717, 1.165) is 11.9 Å². The molecule has 0 unspecified atom stereocenters. The summed E-state index contributed by atoms with van der Waals surface area (Å²) in [7, 11) is 1.87. The van der Waals surface area contributed by atoms with Gasteiger partial charge in [-0.1, -0.05) is 11.6 Å². The quantitative estimate of drug-likeness (QED) is 0.798. The Morgan fingerprint density at radius 3 is 2.89 bits per heavy atom. The van der Waals surface area contributed by atoms with Crippen molar-refractivity contribution in [1.82, 2.24) is 9.55 Å². The van der Waals surface area contributed by atoms with E-state index in [1.54, 1.807) is 6.20 Å². The molecule has 0 atom stereocenters. The zero-order chi connectivity index (χ0) is 13.1. The third-order valence-electron chi connectivity index (χ3n) is 2.73. The number of imidazole rings is 1.